The molecule has 0 bridgehead atoms. The molecule has 0 atom stereocenters. The molecule has 4 aromatic rings. The third-order valence-corrected chi connectivity index (χ3v) is 5.60. The first-order chi connectivity index (χ1) is 14.5. The van der Waals surface area contributed by atoms with Gasteiger partial charge in [0.2, 0.25) is 0 Å². The average Bonchev–Trinajstić information content (AvgIpc) is 3.34. The lowest BCUT2D eigenvalue weighted by Crippen LogP contribution is -2.14. The summed E-state index contributed by atoms with van der Waals surface area (Å²) in [6, 6.07) is 15.1. The molecule has 0 radical (unpaired) electrons. The minimum Gasteiger partial charge on any atom is -0.497 e. The van der Waals surface area contributed by atoms with Crippen LogP contribution < -0.4 is 10.1 Å². The number of carbonyl (C=O) groups excluding carboxylic acids is 1. The van der Waals surface area contributed by atoms with Crippen LogP contribution in [0.4, 0.5) is 5.13 Å². The molecule has 7 nitrogen and oxygen atoms in total. The van der Waals surface area contributed by atoms with Gasteiger partial charge in [0, 0.05) is 28.6 Å². The van der Waals surface area contributed by atoms with E-state index in [9.17, 15) is 4.79 Å². The van der Waals surface area contributed by atoms with Crippen molar-refractivity contribution in [1.82, 2.24) is 20.0 Å². The van der Waals surface area contributed by atoms with Crippen molar-refractivity contribution in [3.8, 4) is 11.4 Å². The van der Waals surface area contributed by atoms with Gasteiger partial charge in [-0.3, -0.25) is 10.1 Å². The van der Waals surface area contributed by atoms with Crippen LogP contribution >= 0.6 is 22.9 Å². The number of ether oxygens (including phenoxy) is 1. The molecular weight excluding hydrogens is 422 g/mol. The Balaban J connectivity index is 1.48. The van der Waals surface area contributed by atoms with E-state index in [-0.39, 0.29) is 11.6 Å². The number of thiazole rings is 1. The summed E-state index contributed by atoms with van der Waals surface area (Å²) < 4.78 is 6.85. The number of amides is 1. The van der Waals surface area contributed by atoms with E-state index in [1.165, 1.54) is 11.3 Å². The standard InChI is InChI=1S/C21H18ClN5O2S/c1-13-19(25-26-27(13)16-7-4-8-17(11-16)29-2)20(28)24-21-23-12-18(30-21)10-14-5-3-6-15(22)9-14/h3-9,11-12H,10H2,1-2H3,(H,23,24,28). The van der Waals surface area contributed by atoms with Gasteiger partial charge < -0.3 is 4.74 Å². The minimum atomic E-state index is -0.356. The molecule has 0 aliphatic heterocycles. The number of hydrogen-bond acceptors (Lipinski definition) is 6. The smallest absolute Gasteiger partial charge is 0.279 e. The molecule has 0 aliphatic carbocycles. The van der Waals surface area contributed by atoms with Crippen molar-refractivity contribution >= 4 is 34.0 Å². The largest absolute Gasteiger partial charge is 0.497 e. The summed E-state index contributed by atoms with van der Waals surface area (Å²) in [5.74, 6) is 0.341. The highest BCUT2D eigenvalue weighted by Gasteiger charge is 2.19. The van der Waals surface area contributed by atoms with Crippen LogP contribution in [0.1, 0.15) is 26.6 Å². The number of halogens is 1. The molecule has 1 amide bonds. The number of nitrogens with one attached hydrogen (secondary N) is 1. The molecule has 0 unspecified atom stereocenters. The summed E-state index contributed by atoms with van der Waals surface area (Å²) >= 11 is 7.45. The van der Waals surface area contributed by atoms with E-state index in [1.54, 1.807) is 24.9 Å². The van der Waals surface area contributed by atoms with Gasteiger partial charge in [-0.2, -0.15) is 0 Å². The first-order valence-corrected chi connectivity index (χ1v) is 10.3. The Labute approximate surface area is 182 Å². The van der Waals surface area contributed by atoms with Gasteiger partial charge in [0.15, 0.2) is 10.8 Å². The van der Waals surface area contributed by atoms with Gasteiger partial charge >= 0.3 is 0 Å². The number of rotatable bonds is 6. The number of nitrogens with zero attached hydrogens (tertiary/aromatic N) is 4. The van der Waals surface area contributed by atoms with Gasteiger partial charge in [0.1, 0.15) is 5.75 Å². The zero-order chi connectivity index (χ0) is 21.1. The Morgan fingerprint density at radius 2 is 2.07 bits per heavy atom. The zero-order valence-electron chi connectivity index (χ0n) is 16.3. The zero-order valence-corrected chi connectivity index (χ0v) is 17.9. The third-order valence-electron chi connectivity index (χ3n) is 4.45. The number of anilines is 1. The molecule has 0 spiro atoms. The number of methoxy groups -OCH3 is 1. The highest BCUT2D eigenvalue weighted by Crippen LogP contribution is 2.24. The molecule has 2 heterocycles. The quantitative estimate of drug-likeness (QED) is 0.477. The maximum atomic E-state index is 12.7. The molecule has 2 aromatic carbocycles. The molecule has 30 heavy (non-hydrogen) atoms. The normalized spacial score (nSPS) is 10.8. The first-order valence-electron chi connectivity index (χ1n) is 9.10. The molecule has 9 heteroatoms. The van der Waals surface area contributed by atoms with E-state index in [0.717, 1.165) is 16.1 Å². The second-order valence-electron chi connectivity index (χ2n) is 6.53. The predicted octanol–water partition coefficient (Wildman–Crippen LogP) is 4.54. The highest BCUT2D eigenvalue weighted by atomic mass is 35.5. The monoisotopic (exact) mass is 439 g/mol. The number of benzene rings is 2. The summed E-state index contributed by atoms with van der Waals surface area (Å²) in [6.45, 7) is 1.79. The van der Waals surface area contributed by atoms with Crippen molar-refractivity contribution < 1.29 is 9.53 Å². The average molecular weight is 440 g/mol. The Bertz CT molecular complexity index is 1200. The molecule has 0 fully saturated rings. The van der Waals surface area contributed by atoms with Gasteiger partial charge in [0.25, 0.3) is 5.91 Å². The lowest BCUT2D eigenvalue weighted by atomic mass is 10.1. The van der Waals surface area contributed by atoms with Crippen LogP contribution in [0.15, 0.2) is 54.7 Å². The van der Waals surface area contributed by atoms with Gasteiger partial charge in [-0.1, -0.05) is 35.0 Å². The van der Waals surface area contributed by atoms with E-state index in [4.69, 9.17) is 16.3 Å². The lowest BCUT2D eigenvalue weighted by Gasteiger charge is -2.06. The van der Waals surface area contributed by atoms with Crippen LogP contribution in [0.3, 0.4) is 0 Å². The van der Waals surface area contributed by atoms with E-state index in [2.05, 4.69) is 20.6 Å². The third kappa shape index (κ3) is 4.34. The van der Waals surface area contributed by atoms with Crippen molar-refractivity contribution in [2.45, 2.75) is 13.3 Å². The van der Waals surface area contributed by atoms with Gasteiger partial charge in [-0.25, -0.2) is 9.67 Å². The summed E-state index contributed by atoms with van der Waals surface area (Å²) in [6.07, 6.45) is 2.44. The molecule has 4 rings (SSSR count). The number of hydrogen-bond donors (Lipinski definition) is 1. The molecule has 0 aliphatic rings. The van der Waals surface area contributed by atoms with E-state index >= 15 is 0 Å². The van der Waals surface area contributed by atoms with E-state index in [1.807, 2.05) is 48.5 Å². The topological polar surface area (TPSA) is 81.9 Å². The van der Waals surface area contributed by atoms with Crippen LogP contribution in [0.5, 0.6) is 5.75 Å². The minimum absolute atomic E-state index is 0.240. The summed E-state index contributed by atoms with van der Waals surface area (Å²) in [5.41, 5.74) is 2.71. The molecule has 1 N–H and O–H groups in total. The van der Waals surface area contributed by atoms with Crippen LogP contribution in [0.2, 0.25) is 5.02 Å². The summed E-state index contributed by atoms with van der Waals surface area (Å²) in [4.78, 5) is 18.0. The Morgan fingerprint density at radius 1 is 1.23 bits per heavy atom. The maximum absolute atomic E-state index is 12.7. The fraction of sp³-hybridized carbons (Fsp3) is 0.143. The maximum Gasteiger partial charge on any atom is 0.279 e. The fourth-order valence-corrected chi connectivity index (χ4v) is 4.03. The Kier molecular flexibility index (Phi) is 5.78. The fourth-order valence-electron chi connectivity index (χ4n) is 2.98. The molecule has 0 saturated carbocycles. The van der Waals surface area contributed by atoms with Crippen LogP contribution in [0, 0.1) is 6.92 Å². The second-order valence-corrected chi connectivity index (χ2v) is 8.08. The molecule has 152 valence electrons. The Morgan fingerprint density at radius 3 is 2.87 bits per heavy atom. The molecule has 2 aromatic heterocycles. The van der Waals surface area contributed by atoms with Crippen molar-refractivity contribution in [1.29, 1.82) is 0 Å². The van der Waals surface area contributed by atoms with Crippen molar-refractivity contribution in [3.05, 3.63) is 81.6 Å². The number of aromatic nitrogens is 4. The summed E-state index contributed by atoms with van der Waals surface area (Å²) in [5, 5.41) is 12.2. The Hall–Kier alpha value is -3.23. The van der Waals surface area contributed by atoms with Gasteiger partial charge in [-0.05, 0) is 36.8 Å². The van der Waals surface area contributed by atoms with E-state index in [0.29, 0.717) is 28.0 Å². The first kappa shape index (κ1) is 20.1. The van der Waals surface area contributed by atoms with Gasteiger partial charge in [0.05, 0.1) is 18.5 Å². The predicted molar refractivity (Wildman–Crippen MR) is 117 cm³/mol. The van der Waals surface area contributed by atoms with Crippen LogP contribution in [0.25, 0.3) is 5.69 Å². The van der Waals surface area contributed by atoms with Crippen molar-refractivity contribution in [2.75, 3.05) is 12.4 Å². The van der Waals surface area contributed by atoms with Crippen LogP contribution in [-0.2, 0) is 6.42 Å². The molecule has 0 saturated heterocycles. The van der Waals surface area contributed by atoms with Gasteiger partial charge in [-0.15, -0.1) is 16.4 Å². The van der Waals surface area contributed by atoms with Crippen molar-refractivity contribution in [3.63, 3.8) is 0 Å². The SMILES string of the molecule is COc1cccc(-n2nnc(C(=O)Nc3ncc(Cc4cccc(Cl)c4)s3)c2C)c1. The lowest BCUT2D eigenvalue weighted by molar-refractivity contribution is 0.102. The molecular formula is C21H18ClN5O2S. The summed E-state index contributed by atoms with van der Waals surface area (Å²) in [7, 11) is 1.60. The number of carbonyl (C=O) groups is 1. The highest BCUT2D eigenvalue weighted by molar-refractivity contribution is 7.15. The van der Waals surface area contributed by atoms with E-state index < -0.39 is 0 Å². The second kappa shape index (κ2) is 8.64. The van der Waals surface area contributed by atoms with Crippen molar-refractivity contribution in [2.24, 2.45) is 0 Å². The van der Waals surface area contributed by atoms with Crippen LogP contribution in [-0.4, -0.2) is 33.0 Å².